The lowest BCUT2D eigenvalue weighted by molar-refractivity contribution is 0.152. The van der Waals surface area contributed by atoms with Gasteiger partial charge in [0, 0.05) is 5.54 Å². The summed E-state index contributed by atoms with van der Waals surface area (Å²) in [6.07, 6.45) is 1.64. The smallest absolute Gasteiger partial charge is 0.209 e. The van der Waals surface area contributed by atoms with E-state index in [-0.39, 0.29) is 11.3 Å². The summed E-state index contributed by atoms with van der Waals surface area (Å²) in [5, 5.41) is 4.92. The van der Waals surface area contributed by atoms with Crippen molar-refractivity contribution in [2.24, 2.45) is 5.14 Å². The van der Waals surface area contributed by atoms with Crippen molar-refractivity contribution in [3.05, 3.63) is 0 Å². The molecule has 0 aromatic carbocycles. The molecule has 0 atom stereocenters. The molecule has 0 amide bonds. The van der Waals surface area contributed by atoms with Crippen LogP contribution in [0.5, 0.6) is 0 Å². The number of sulfonamides is 1. The van der Waals surface area contributed by atoms with E-state index < -0.39 is 10.0 Å². The Labute approximate surface area is 87.5 Å². The summed E-state index contributed by atoms with van der Waals surface area (Å²) >= 11 is 0. The highest BCUT2D eigenvalue weighted by Gasteiger charge is 2.20. The van der Waals surface area contributed by atoms with Gasteiger partial charge < -0.3 is 4.90 Å². The molecular weight excluding hydrogens is 200 g/mol. The van der Waals surface area contributed by atoms with Gasteiger partial charge in [-0.25, -0.2) is 13.6 Å². The van der Waals surface area contributed by atoms with Gasteiger partial charge in [-0.3, -0.25) is 0 Å². The molecular formula is C9H22N2O2S. The Kier molecular flexibility index (Phi) is 5.05. The van der Waals surface area contributed by atoms with Crippen molar-refractivity contribution in [2.75, 3.05) is 19.3 Å². The largest absolute Gasteiger partial charge is 0.301 e. The van der Waals surface area contributed by atoms with Crippen molar-refractivity contribution >= 4 is 10.0 Å². The highest BCUT2D eigenvalue weighted by Crippen LogP contribution is 2.16. The Bertz CT molecular complexity index is 260. The molecule has 0 aromatic rings. The molecule has 0 bridgehead atoms. The summed E-state index contributed by atoms with van der Waals surface area (Å²) in [5.41, 5.74) is 0.123. The van der Waals surface area contributed by atoms with Crippen LogP contribution in [-0.4, -0.2) is 38.2 Å². The third kappa shape index (κ3) is 5.57. The Hall–Kier alpha value is -0.130. The molecule has 0 radical (unpaired) electrons. The molecule has 0 spiro atoms. The minimum Gasteiger partial charge on any atom is -0.301 e. The zero-order valence-electron chi connectivity index (χ0n) is 9.58. The maximum atomic E-state index is 10.7. The summed E-state index contributed by atoms with van der Waals surface area (Å²) in [7, 11) is -1.29. The second-order valence-electron chi connectivity index (χ2n) is 4.31. The molecule has 0 aliphatic rings. The number of nitrogens with two attached hydrogens (primary N) is 1. The molecule has 0 aromatic heterocycles. The number of rotatable bonds is 6. The molecule has 4 nitrogen and oxygen atoms in total. The molecule has 14 heavy (non-hydrogen) atoms. The number of hydrogen-bond acceptors (Lipinski definition) is 3. The molecule has 86 valence electrons. The molecule has 0 fully saturated rings. The molecule has 0 saturated heterocycles. The van der Waals surface area contributed by atoms with Gasteiger partial charge in [0.15, 0.2) is 0 Å². The van der Waals surface area contributed by atoms with Gasteiger partial charge in [-0.2, -0.15) is 0 Å². The normalized spacial score (nSPS) is 13.6. The number of primary sulfonamides is 1. The quantitative estimate of drug-likeness (QED) is 0.722. The van der Waals surface area contributed by atoms with E-state index in [0.29, 0.717) is 6.42 Å². The predicted molar refractivity (Wildman–Crippen MR) is 59.6 cm³/mol. The fourth-order valence-electron chi connectivity index (χ4n) is 1.08. The third-order valence-corrected chi connectivity index (χ3v) is 3.68. The average molecular weight is 222 g/mol. The Morgan fingerprint density at radius 1 is 1.36 bits per heavy atom. The van der Waals surface area contributed by atoms with Gasteiger partial charge in [0.25, 0.3) is 0 Å². The van der Waals surface area contributed by atoms with Crippen molar-refractivity contribution in [1.29, 1.82) is 0 Å². The van der Waals surface area contributed by atoms with E-state index >= 15 is 0 Å². The summed E-state index contributed by atoms with van der Waals surface area (Å²) in [6.45, 7) is 7.17. The number of nitrogens with zero attached hydrogens (tertiary/aromatic N) is 1. The Morgan fingerprint density at radius 3 is 2.21 bits per heavy atom. The van der Waals surface area contributed by atoms with Crippen LogP contribution in [0.2, 0.25) is 0 Å². The van der Waals surface area contributed by atoms with E-state index in [2.05, 4.69) is 25.7 Å². The fraction of sp³-hybridized carbons (Fsp3) is 1.00. The highest BCUT2D eigenvalue weighted by atomic mass is 32.2. The van der Waals surface area contributed by atoms with Crippen LogP contribution in [-0.2, 0) is 10.0 Å². The Balaban J connectivity index is 3.92. The van der Waals surface area contributed by atoms with Crippen molar-refractivity contribution in [3.63, 3.8) is 0 Å². The lowest BCUT2D eigenvalue weighted by Gasteiger charge is -2.34. The standard InChI is InChI=1S/C9H22N2O2S/c1-5-9(2,3)11(4)7-6-8-14(10,12)13/h5-8H2,1-4H3,(H2,10,12,13). The molecule has 2 N–H and O–H groups in total. The molecule has 0 unspecified atom stereocenters. The first-order valence-electron chi connectivity index (χ1n) is 4.91. The van der Waals surface area contributed by atoms with Crippen LogP contribution < -0.4 is 5.14 Å². The molecule has 0 aliphatic heterocycles. The van der Waals surface area contributed by atoms with Gasteiger partial charge in [0.1, 0.15) is 0 Å². The first-order chi connectivity index (χ1) is 6.19. The summed E-state index contributed by atoms with van der Waals surface area (Å²) in [6, 6.07) is 0. The SMILES string of the molecule is CCC(C)(C)N(C)CCCS(N)(=O)=O. The fourth-order valence-corrected chi connectivity index (χ4v) is 1.61. The zero-order chi connectivity index (χ0) is 11.4. The van der Waals surface area contributed by atoms with Crippen molar-refractivity contribution in [1.82, 2.24) is 4.90 Å². The predicted octanol–water partition coefficient (Wildman–Crippen LogP) is 0.785. The lowest BCUT2D eigenvalue weighted by atomic mass is 10.00. The van der Waals surface area contributed by atoms with Crippen molar-refractivity contribution in [2.45, 2.75) is 39.2 Å². The zero-order valence-corrected chi connectivity index (χ0v) is 10.4. The molecule has 0 saturated carbocycles. The van der Waals surface area contributed by atoms with Gasteiger partial charge in [0.2, 0.25) is 10.0 Å². The van der Waals surface area contributed by atoms with E-state index in [4.69, 9.17) is 5.14 Å². The van der Waals surface area contributed by atoms with Crippen LogP contribution in [0.15, 0.2) is 0 Å². The second-order valence-corrected chi connectivity index (χ2v) is 6.04. The first-order valence-corrected chi connectivity index (χ1v) is 6.62. The van der Waals surface area contributed by atoms with Crippen LogP contribution in [0.1, 0.15) is 33.6 Å². The summed E-state index contributed by atoms with van der Waals surface area (Å²) < 4.78 is 21.4. The van der Waals surface area contributed by atoms with Gasteiger partial charge in [0.05, 0.1) is 5.75 Å². The van der Waals surface area contributed by atoms with Gasteiger partial charge in [-0.1, -0.05) is 6.92 Å². The Morgan fingerprint density at radius 2 is 1.86 bits per heavy atom. The molecule has 5 heteroatoms. The van der Waals surface area contributed by atoms with E-state index in [9.17, 15) is 8.42 Å². The first kappa shape index (κ1) is 13.9. The van der Waals surface area contributed by atoms with Crippen LogP contribution in [0, 0.1) is 0 Å². The average Bonchev–Trinajstić information content (AvgIpc) is 2.02. The monoisotopic (exact) mass is 222 g/mol. The maximum Gasteiger partial charge on any atom is 0.209 e. The molecule has 0 heterocycles. The van der Waals surface area contributed by atoms with Crippen molar-refractivity contribution in [3.8, 4) is 0 Å². The van der Waals surface area contributed by atoms with E-state index in [1.165, 1.54) is 0 Å². The van der Waals surface area contributed by atoms with Crippen LogP contribution in [0.4, 0.5) is 0 Å². The minimum atomic E-state index is -3.30. The van der Waals surface area contributed by atoms with E-state index in [0.717, 1.165) is 13.0 Å². The van der Waals surface area contributed by atoms with Crippen LogP contribution in [0.25, 0.3) is 0 Å². The number of hydrogen-bond donors (Lipinski definition) is 1. The maximum absolute atomic E-state index is 10.7. The molecule has 0 aliphatic carbocycles. The third-order valence-electron chi connectivity index (χ3n) is 2.82. The van der Waals surface area contributed by atoms with Gasteiger partial charge in [-0.15, -0.1) is 0 Å². The highest BCUT2D eigenvalue weighted by molar-refractivity contribution is 7.89. The van der Waals surface area contributed by atoms with Crippen LogP contribution >= 0.6 is 0 Å². The van der Waals surface area contributed by atoms with Crippen molar-refractivity contribution < 1.29 is 8.42 Å². The van der Waals surface area contributed by atoms with E-state index in [1.54, 1.807) is 0 Å². The summed E-state index contributed by atoms with van der Waals surface area (Å²) in [5.74, 6) is 0.0666. The lowest BCUT2D eigenvalue weighted by Crippen LogP contribution is -2.41. The van der Waals surface area contributed by atoms with Gasteiger partial charge >= 0.3 is 0 Å². The van der Waals surface area contributed by atoms with Crippen LogP contribution in [0.3, 0.4) is 0 Å². The minimum absolute atomic E-state index is 0.0666. The van der Waals surface area contributed by atoms with E-state index in [1.807, 2.05) is 7.05 Å². The molecule has 0 rings (SSSR count). The second kappa shape index (κ2) is 5.09. The topological polar surface area (TPSA) is 63.4 Å². The van der Waals surface area contributed by atoms with Gasteiger partial charge in [-0.05, 0) is 40.3 Å². The summed E-state index contributed by atoms with van der Waals surface area (Å²) in [4.78, 5) is 2.16.